The quantitative estimate of drug-likeness (QED) is 0.0102. The van der Waals surface area contributed by atoms with Crippen molar-refractivity contribution in [3.8, 4) is 46.0 Å². The Bertz CT molecular complexity index is 4600. The van der Waals surface area contributed by atoms with Gasteiger partial charge in [-0.15, -0.1) is 0 Å². The van der Waals surface area contributed by atoms with E-state index in [2.05, 4.69) is 219 Å². The van der Waals surface area contributed by atoms with Crippen LogP contribution in [0.2, 0.25) is 0 Å². The summed E-state index contributed by atoms with van der Waals surface area (Å²) in [5.74, 6) is 17.6. The lowest BCUT2D eigenvalue weighted by Gasteiger charge is -2.36. The third-order valence-corrected chi connectivity index (χ3v) is 31.8. The van der Waals surface area contributed by atoms with Gasteiger partial charge in [-0.2, -0.15) is 189 Å². The Balaban J connectivity index is 1.12. The van der Waals surface area contributed by atoms with Crippen molar-refractivity contribution in [1.29, 1.82) is 0 Å². The smallest absolute Gasteiger partial charge is 0.206 e. The van der Waals surface area contributed by atoms with Gasteiger partial charge in [-0.3, -0.25) is 0 Å². The number of sulfone groups is 1. The highest BCUT2D eigenvalue weighted by Crippen LogP contribution is 2.49. The van der Waals surface area contributed by atoms with Crippen LogP contribution in [0.1, 0.15) is 231 Å². The van der Waals surface area contributed by atoms with Crippen molar-refractivity contribution in [2.24, 2.45) is 0 Å². The van der Waals surface area contributed by atoms with Gasteiger partial charge in [0.05, 0.1) is 62.6 Å². The van der Waals surface area contributed by atoms with Crippen molar-refractivity contribution in [3.05, 3.63) is 222 Å². The van der Waals surface area contributed by atoms with Crippen LogP contribution in [0, 0.1) is 0 Å². The molecular formula is C106H150O10S16. The maximum Gasteiger partial charge on any atom is 0.206 e. The van der Waals surface area contributed by atoms with Crippen molar-refractivity contribution in [3.63, 3.8) is 0 Å². The number of hydrogen-bond acceptors (Lipinski definition) is 25. The van der Waals surface area contributed by atoms with E-state index in [9.17, 15) is 0 Å². The first-order valence-corrected chi connectivity index (χ1v) is 59.3. The molecule has 0 radical (unpaired) electrons. The van der Waals surface area contributed by atoms with E-state index in [1.807, 2.05) is 36.0 Å². The SMILES string of the molecule is CCCOc1c(CCCS)cc(C(C)(c2cc(CCCS)c(OCCC)c(CCCS)c2)c2cc(CCCS)c(OCCCc3cc([C@](C)(c4ccc(OCCCS)cc4)c4ccc(OCCCSC(CS)Cc5cc(S(=O)(=O)c6cc(CCCS)c(OCCCS)c(CCCS)c6)cc(CCCS)c5OCCCS)cc4)ccc3OCCCS)c(CCCS)c2)cc1CCCS. The van der Waals surface area contributed by atoms with E-state index in [4.69, 9.17) is 126 Å². The Hall–Kier alpha value is -2.64. The Kier molecular flexibility index (Phi) is 55.6. The van der Waals surface area contributed by atoms with Gasteiger partial charge in [0.15, 0.2) is 0 Å². The Morgan fingerprint density at radius 3 is 0.856 bits per heavy atom. The number of rotatable bonds is 71. The van der Waals surface area contributed by atoms with Crippen molar-refractivity contribution in [2.75, 3.05) is 139 Å². The number of aryl methyl sites for hydroxylation is 10. The highest BCUT2D eigenvalue weighted by atomic mass is 32.2. The summed E-state index contributed by atoms with van der Waals surface area (Å²) in [7, 11) is -4.04. The Morgan fingerprint density at radius 1 is 0.273 bits per heavy atom. The Labute approximate surface area is 876 Å². The van der Waals surface area contributed by atoms with Crippen molar-refractivity contribution in [2.45, 2.75) is 233 Å². The molecule has 0 aliphatic heterocycles. The van der Waals surface area contributed by atoms with Gasteiger partial charge in [0.1, 0.15) is 46.0 Å². The number of thioether (sulfide) groups is 1. The first-order valence-electron chi connectivity index (χ1n) is 47.9. The fraction of sp³-hybridized carbons (Fsp3) is 0.547. The van der Waals surface area contributed by atoms with Crippen molar-refractivity contribution >= 4 is 198 Å². The molecule has 0 N–H and O–H groups in total. The molecule has 0 fully saturated rings. The van der Waals surface area contributed by atoms with E-state index in [1.165, 1.54) is 50.1 Å². The zero-order valence-corrected chi connectivity index (χ0v) is 92.6. The van der Waals surface area contributed by atoms with E-state index in [1.54, 1.807) is 0 Å². The highest BCUT2D eigenvalue weighted by Gasteiger charge is 2.38. The molecule has 730 valence electrons. The minimum atomic E-state index is -4.04. The van der Waals surface area contributed by atoms with Crippen LogP contribution >= 0.6 is 189 Å². The van der Waals surface area contributed by atoms with Gasteiger partial charge in [0, 0.05) is 21.8 Å². The lowest BCUT2D eigenvalue weighted by atomic mass is 9.68. The number of thiol groups is 14. The fourth-order valence-corrected chi connectivity index (χ4v) is 21.8. The molecule has 132 heavy (non-hydrogen) atoms. The first-order chi connectivity index (χ1) is 64.3. The monoisotopic (exact) mass is 2090 g/mol. The van der Waals surface area contributed by atoms with Crippen LogP contribution in [0.15, 0.2) is 137 Å². The highest BCUT2D eigenvalue weighted by molar-refractivity contribution is 8.00. The first kappa shape index (κ1) is 115. The van der Waals surface area contributed by atoms with E-state index in [0.29, 0.717) is 125 Å². The zero-order valence-electron chi connectivity index (χ0n) is 78.4. The molecule has 26 heteroatoms. The summed E-state index contributed by atoms with van der Waals surface area (Å²) in [5.41, 5.74) is 17.5. The second kappa shape index (κ2) is 64.0. The predicted molar refractivity (Wildman–Crippen MR) is 613 cm³/mol. The fourth-order valence-electron chi connectivity index (χ4n) is 16.9. The van der Waals surface area contributed by atoms with E-state index < -0.39 is 20.7 Å². The van der Waals surface area contributed by atoms with Crippen LogP contribution in [-0.4, -0.2) is 153 Å². The van der Waals surface area contributed by atoms with Gasteiger partial charge in [-0.1, -0.05) is 86.6 Å². The van der Waals surface area contributed by atoms with Crippen molar-refractivity contribution in [1.82, 2.24) is 0 Å². The van der Waals surface area contributed by atoms with Crippen LogP contribution in [-0.2, 0) is 91.3 Å². The number of hydrogen-bond donors (Lipinski definition) is 14. The largest absolute Gasteiger partial charge is 0.494 e. The van der Waals surface area contributed by atoms with Crippen LogP contribution in [0.3, 0.4) is 0 Å². The average Bonchev–Trinajstić information content (AvgIpc) is 0.735. The lowest BCUT2D eigenvalue weighted by Crippen LogP contribution is -2.28. The van der Waals surface area contributed by atoms with Crippen LogP contribution < -0.4 is 37.9 Å². The molecule has 8 aromatic carbocycles. The molecule has 0 bridgehead atoms. The zero-order chi connectivity index (χ0) is 94.9. The van der Waals surface area contributed by atoms with Gasteiger partial charge >= 0.3 is 0 Å². The van der Waals surface area contributed by atoms with E-state index in [0.717, 1.165) is 284 Å². The summed E-state index contributed by atoms with van der Waals surface area (Å²) in [5, 5.41) is 0.0334. The molecule has 0 aliphatic carbocycles. The molecule has 0 aliphatic rings. The molecule has 0 amide bonds. The molecule has 0 spiro atoms. The van der Waals surface area contributed by atoms with E-state index in [-0.39, 0.29) is 15.0 Å². The van der Waals surface area contributed by atoms with Crippen LogP contribution in [0.5, 0.6) is 46.0 Å². The van der Waals surface area contributed by atoms with Crippen LogP contribution in [0.25, 0.3) is 0 Å². The molecule has 8 rings (SSSR count). The standard InChI is InChI=1S/C106H150O10S16/c1-5-42-112-100-78(23-8-50-117)65-91(66-79(100)24-9-51-118)106(4,92-67-80(25-10-52-119)101(113-43-6-2)81(68-92)26-11-53-120)93-69-82(27-12-54-121)102(83(70-93)28-13-55-122)114-44-7-22-77-64-90(36-41-99(77)111-46-18-60-127)105(3,88-32-37-94(38-33-88)109-45-17-59-126)89-34-39-95(40-35-89)110-49-21-63-131-96(76-130)71-87-75-98(74-86(31-16-58-125)104(87)116-48-20-62-129)132(107,108)97-72-84(29-14-56-123)103(115-47-19-61-128)85(73-97)30-15-57-124/h32-41,64-70,72-75,96,117-130H,5-31,42-63,71,76H2,1-4H3/t96?,105-/m1/s1. The summed E-state index contributed by atoms with van der Waals surface area (Å²) in [6.07, 6.45) is 22.2. The molecule has 1 unspecified atom stereocenters. The van der Waals surface area contributed by atoms with Gasteiger partial charge in [0.2, 0.25) is 9.84 Å². The molecule has 0 saturated carbocycles. The summed E-state index contributed by atoms with van der Waals surface area (Å²) in [6.45, 7) is 13.4. The molecule has 0 saturated heterocycles. The van der Waals surface area contributed by atoms with Gasteiger partial charge < -0.3 is 37.9 Å². The second-order valence-electron chi connectivity index (χ2n) is 34.0. The number of benzene rings is 8. The van der Waals surface area contributed by atoms with Gasteiger partial charge in [0.25, 0.3) is 0 Å². The van der Waals surface area contributed by atoms with Crippen molar-refractivity contribution < 1.29 is 46.3 Å². The minimum absolute atomic E-state index is 0.0334. The summed E-state index contributed by atoms with van der Waals surface area (Å²) in [6, 6.07) is 46.1. The summed E-state index contributed by atoms with van der Waals surface area (Å²) < 4.78 is 84.4. The molecule has 0 aromatic heterocycles. The number of ether oxygens (including phenoxy) is 8. The summed E-state index contributed by atoms with van der Waals surface area (Å²) in [4.78, 5) is 0.502. The van der Waals surface area contributed by atoms with Crippen LogP contribution in [0.4, 0.5) is 0 Å². The normalized spacial score (nSPS) is 12.5. The van der Waals surface area contributed by atoms with E-state index >= 15 is 8.42 Å². The third-order valence-electron chi connectivity index (χ3n) is 24.0. The predicted octanol–water partition coefficient (Wildman–Crippen LogP) is 26.4. The maximum absolute atomic E-state index is 15.3. The molecular weight excluding hydrogens is 1950 g/mol. The van der Waals surface area contributed by atoms with Gasteiger partial charge in [-0.05, 0) is 423 Å². The molecule has 2 atom stereocenters. The van der Waals surface area contributed by atoms with Gasteiger partial charge in [-0.25, -0.2) is 8.42 Å². The average molecular weight is 2100 g/mol. The Morgan fingerprint density at radius 2 is 0.530 bits per heavy atom. The third kappa shape index (κ3) is 34.3. The lowest BCUT2D eigenvalue weighted by molar-refractivity contribution is 0.298. The molecule has 8 aromatic rings. The molecule has 10 nitrogen and oxygen atoms in total. The minimum Gasteiger partial charge on any atom is -0.494 e. The molecule has 0 heterocycles. The maximum atomic E-state index is 15.3. The summed E-state index contributed by atoms with van der Waals surface area (Å²) >= 11 is 67.5. The topological polar surface area (TPSA) is 108 Å². The second-order valence-corrected chi connectivity index (χ2v) is 43.6.